The molecule has 1 fully saturated rings. The van der Waals surface area contributed by atoms with Gasteiger partial charge in [0.15, 0.2) is 0 Å². The molecule has 0 unspecified atom stereocenters. The zero-order valence-corrected chi connectivity index (χ0v) is 9.89. The first-order valence-electron chi connectivity index (χ1n) is 4.92. The fraction of sp³-hybridized carbons (Fsp3) is 1.00. The van der Waals surface area contributed by atoms with Gasteiger partial charge in [-0.3, -0.25) is 0 Å². The zero-order valence-electron chi connectivity index (χ0n) is 9.89. The van der Waals surface area contributed by atoms with E-state index in [-0.39, 0.29) is 31.1 Å². The third-order valence-electron chi connectivity index (χ3n) is 2.96. The van der Waals surface area contributed by atoms with Crippen LogP contribution in [0.3, 0.4) is 0 Å². The van der Waals surface area contributed by atoms with E-state index in [4.69, 9.17) is 9.31 Å². The van der Waals surface area contributed by atoms with Gasteiger partial charge < -0.3 is 9.31 Å². The molecular formula is C11H25BO2. The summed E-state index contributed by atoms with van der Waals surface area (Å²) in [5, 5.41) is 0.0467. The van der Waals surface area contributed by atoms with Gasteiger partial charge in [0.05, 0.1) is 11.2 Å². The van der Waals surface area contributed by atoms with E-state index in [0.29, 0.717) is 0 Å². The predicted octanol–water partition coefficient (Wildman–Crippen LogP) is 3.51. The summed E-state index contributed by atoms with van der Waals surface area (Å²) in [6.07, 6.45) is 0. The molecule has 1 aliphatic rings. The monoisotopic (exact) mass is 200 g/mol. The Morgan fingerprint density at radius 1 is 0.857 bits per heavy atom. The van der Waals surface area contributed by atoms with Crippen LogP contribution in [0.5, 0.6) is 0 Å². The summed E-state index contributed by atoms with van der Waals surface area (Å²) in [6, 6.07) is 0. The quantitative estimate of drug-likeness (QED) is 0.557. The minimum absolute atomic E-state index is 0. The van der Waals surface area contributed by atoms with Gasteiger partial charge in [0.2, 0.25) is 0 Å². The second kappa shape index (κ2) is 3.53. The highest BCUT2D eigenvalue weighted by Gasteiger charge is 2.54. The summed E-state index contributed by atoms with van der Waals surface area (Å²) in [5.41, 5.74) is -0.407. The van der Waals surface area contributed by atoms with Crippen molar-refractivity contribution >= 4 is 7.12 Å². The highest BCUT2D eigenvalue weighted by Crippen LogP contribution is 2.44. The van der Waals surface area contributed by atoms with Crippen molar-refractivity contribution in [3.63, 3.8) is 0 Å². The van der Waals surface area contributed by atoms with Gasteiger partial charge >= 0.3 is 7.12 Å². The van der Waals surface area contributed by atoms with Crippen LogP contribution < -0.4 is 0 Å². The normalized spacial score (nSPS) is 24.6. The highest BCUT2D eigenvalue weighted by molar-refractivity contribution is 6.49. The molecule has 0 aromatic carbocycles. The predicted molar refractivity (Wildman–Crippen MR) is 62.5 cm³/mol. The fourth-order valence-electron chi connectivity index (χ4n) is 1.20. The second-order valence-corrected chi connectivity index (χ2v) is 5.95. The molecule has 0 aliphatic carbocycles. The Hall–Kier alpha value is -0.0151. The molecule has 0 aromatic rings. The van der Waals surface area contributed by atoms with Crippen LogP contribution in [-0.4, -0.2) is 18.3 Å². The van der Waals surface area contributed by atoms with Gasteiger partial charge in [0.25, 0.3) is 0 Å². The SMILES string of the molecule is C.CC(C)(C)B1OC(C)(C)C(C)(C)O1. The lowest BCUT2D eigenvalue weighted by Crippen LogP contribution is -2.41. The molecular weight excluding hydrogens is 175 g/mol. The first-order valence-corrected chi connectivity index (χ1v) is 4.92. The lowest BCUT2D eigenvalue weighted by atomic mass is 9.61. The van der Waals surface area contributed by atoms with Crippen molar-refractivity contribution in [2.24, 2.45) is 0 Å². The standard InChI is InChI=1S/C10H21BO2.CH4/c1-8(2,3)11-12-9(4,5)10(6,7)13-11;/h1-7H3;1H4. The third-order valence-corrected chi connectivity index (χ3v) is 2.96. The second-order valence-electron chi connectivity index (χ2n) is 5.95. The van der Waals surface area contributed by atoms with E-state index >= 15 is 0 Å². The van der Waals surface area contributed by atoms with Crippen LogP contribution in [0, 0.1) is 0 Å². The molecule has 0 atom stereocenters. The summed E-state index contributed by atoms with van der Waals surface area (Å²) in [5.74, 6) is 0. The van der Waals surface area contributed by atoms with E-state index in [1.165, 1.54) is 0 Å². The maximum atomic E-state index is 5.91. The summed E-state index contributed by atoms with van der Waals surface area (Å²) in [6.45, 7) is 14.7. The van der Waals surface area contributed by atoms with Crippen molar-refractivity contribution in [2.75, 3.05) is 0 Å². The highest BCUT2D eigenvalue weighted by atomic mass is 16.7. The van der Waals surface area contributed by atoms with E-state index in [9.17, 15) is 0 Å². The summed E-state index contributed by atoms with van der Waals surface area (Å²) >= 11 is 0. The Balaban J connectivity index is 0.00000169. The topological polar surface area (TPSA) is 18.5 Å². The molecule has 0 aromatic heterocycles. The molecule has 0 bridgehead atoms. The van der Waals surface area contributed by atoms with Gasteiger partial charge in [-0.15, -0.1) is 0 Å². The lowest BCUT2D eigenvalue weighted by molar-refractivity contribution is 0.00578. The first-order chi connectivity index (χ1) is 5.56. The van der Waals surface area contributed by atoms with Gasteiger partial charge in [0.1, 0.15) is 0 Å². The van der Waals surface area contributed by atoms with Gasteiger partial charge in [-0.25, -0.2) is 0 Å². The Morgan fingerprint density at radius 2 is 1.14 bits per heavy atom. The van der Waals surface area contributed by atoms with Crippen molar-refractivity contribution < 1.29 is 9.31 Å². The molecule has 3 heteroatoms. The van der Waals surface area contributed by atoms with Crippen molar-refractivity contribution in [1.29, 1.82) is 0 Å². The molecule has 14 heavy (non-hydrogen) atoms. The van der Waals surface area contributed by atoms with Crippen LogP contribution in [0.2, 0.25) is 5.31 Å². The third kappa shape index (κ3) is 2.32. The van der Waals surface area contributed by atoms with Gasteiger partial charge in [-0.2, -0.15) is 0 Å². The summed E-state index contributed by atoms with van der Waals surface area (Å²) in [7, 11) is -0.0995. The summed E-state index contributed by atoms with van der Waals surface area (Å²) in [4.78, 5) is 0. The van der Waals surface area contributed by atoms with Gasteiger partial charge in [-0.1, -0.05) is 28.2 Å². The van der Waals surface area contributed by atoms with E-state index in [0.717, 1.165) is 0 Å². The number of hydrogen-bond donors (Lipinski definition) is 0. The van der Waals surface area contributed by atoms with Crippen molar-refractivity contribution in [1.82, 2.24) is 0 Å². The van der Waals surface area contributed by atoms with Crippen molar-refractivity contribution in [3.05, 3.63) is 0 Å². The smallest absolute Gasteiger partial charge is 0.403 e. The molecule has 0 saturated carbocycles. The first kappa shape index (κ1) is 14.0. The van der Waals surface area contributed by atoms with Crippen LogP contribution in [0.1, 0.15) is 55.9 Å². The molecule has 0 amide bonds. The van der Waals surface area contributed by atoms with Crippen LogP contribution in [0.25, 0.3) is 0 Å². The fourth-order valence-corrected chi connectivity index (χ4v) is 1.20. The molecule has 1 saturated heterocycles. The Kier molecular flexibility index (Phi) is 3.53. The average Bonchev–Trinajstić information content (AvgIpc) is 2.00. The van der Waals surface area contributed by atoms with Crippen molar-refractivity contribution in [3.8, 4) is 0 Å². The Morgan fingerprint density at radius 3 is 1.29 bits per heavy atom. The molecule has 1 aliphatic heterocycles. The lowest BCUT2D eigenvalue weighted by Gasteiger charge is -2.32. The number of hydrogen-bond acceptors (Lipinski definition) is 2. The molecule has 0 radical (unpaired) electrons. The van der Waals surface area contributed by atoms with Gasteiger partial charge in [-0.05, 0) is 33.0 Å². The molecule has 0 N–H and O–H groups in total. The maximum absolute atomic E-state index is 5.91. The zero-order chi connectivity index (χ0) is 10.5. The van der Waals surface area contributed by atoms with E-state index < -0.39 is 0 Å². The van der Waals surface area contributed by atoms with E-state index in [1.54, 1.807) is 0 Å². The molecule has 1 rings (SSSR count). The molecule has 1 heterocycles. The largest absolute Gasteiger partial charge is 0.463 e. The molecule has 84 valence electrons. The maximum Gasteiger partial charge on any atom is 0.463 e. The minimum atomic E-state index is -0.203. The van der Waals surface area contributed by atoms with Crippen LogP contribution >= 0.6 is 0 Å². The molecule has 2 nitrogen and oxygen atoms in total. The van der Waals surface area contributed by atoms with Crippen molar-refractivity contribution in [2.45, 2.75) is 72.4 Å². The Bertz CT molecular complexity index is 188. The van der Waals surface area contributed by atoms with Gasteiger partial charge in [0, 0.05) is 0 Å². The van der Waals surface area contributed by atoms with E-state index in [1.807, 2.05) is 0 Å². The summed E-state index contributed by atoms with van der Waals surface area (Å²) < 4.78 is 11.8. The Labute approximate surface area is 89.5 Å². The van der Waals surface area contributed by atoms with E-state index in [2.05, 4.69) is 48.5 Å². The minimum Gasteiger partial charge on any atom is -0.403 e. The average molecular weight is 200 g/mol. The van der Waals surface area contributed by atoms with Crippen LogP contribution in [0.4, 0.5) is 0 Å². The van der Waals surface area contributed by atoms with Crippen LogP contribution in [0.15, 0.2) is 0 Å². The number of rotatable bonds is 0. The molecule has 0 spiro atoms. The van der Waals surface area contributed by atoms with Crippen LogP contribution in [-0.2, 0) is 9.31 Å².